The quantitative estimate of drug-likeness (QED) is 0.759. The Morgan fingerprint density at radius 1 is 1.08 bits per heavy atom. The van der Waals surface area contributed by atoms with Crippen molar-refractivity contribution in [3.05, 3.63) is 60.2 Å². The summed E-state index contributed by atoms with van der Waals surface area (Å²) in [6.07, 6.45) is -0.662. The van der Waals surface area contributed by atoms with Crippen molar-refractivity contribution in [2.45, 2.75) is 31.9 Å². The molecule has 0 aromatic heterocycles. The zero-order chi connectivity index (χ0) is 19.2. The molecule has 0 spiro atoms. The minimum absolute atomic E-state index is 0.202. The number of ether oxygens (including phenoxy) is 2. The van der Waals surface area contributed by atoms with Gasteiger partial charge in [0.2, 0.25) is 0 Å². The molecule has 6 heteroatoms. The average molecular weight is 357 g/mol. The summed E-state index contributed by atoms with van der Waals surface area (Å²) in [4.78, 5) is 24.6. The number of amides is 1. The van der Waals surface area contributed by atoms with E-state index in [1.165, 1.54) is 0 Å². The lowest BCUT2D eigenvalue weighted by Gasteiger charge is -2.31. The van der Waals surface area contributed by atoms with Crippen molar-refractivity contribution in [2.24, 2.45) is 0 Å². The third kappa shape index (κ3) is 4.14. The van der Waals surface area contributed by atoms with Crippen molar-refractivity contribution in [1.29, 1.82) is 0 Å². The maximum atomic E-state index is 12.6. The van der Waals surface area contributed by atoms with Gasteiger partial charge in [0.1, 0.15) is 11.5 Å². The second kappa shape index (κ2) is 8.38. The lowest BCUT2D eigenvalue weighted by atomic mass is 9.87. The predicted molar refractivity (Wildman–Crippen MR) is 97.3 cm³/mol. The number of nitrogens with one attached hydrogen (secondary N) is 1. The normalized spacial score (nSPS) is 14.0. The number of hydrogen-bond donors (Lipinski definition) is 2. The molecule has 0 radical (unpaired) electrons. The first kappa shape index (κ1) is 19.3. The van der Waals surface area contributed by atoms with Gasteiger partial charge >= 0.3 is 5.97 Å². The van der Waals surface area contributed by atoms with Crippen LogP contribution in [0, 0.1) is 0 Å². The van der Waals surface area contributed by atoms with E-state index in [1.54, 1.807) is 75.6 Å². The van der Waals surface area contributed by atoms with E-state index in [1.807, 2.05) is 0 Å². The number of carbonyl (C=O) groups is 2. The molecule has 0 heterocycles. The largest absolute Gasteiger partial charge is 0.497 e. The fraction of sp³-hybridized carbons (Fsp3) is 0.300. The second-order valence-electron chi connectivity index (χ2n) is 5.85. The van der Waals surface area contributed by atoms with Crippen molar-refractivity contribution >= 4 is 11.9 Å². The molecular weight excluding hydrogens is 334 g/mol. The Morgan fingerprint density at radius 3 is 2.15 bits per heavy atom. The summed E-state index contributed by atoms with van der Waals surface area (Å²) in [5.41, 5.74) is -0.990. The van der Waals surface area contributed by atoms with E-state index in [-0.39, 0.29) is 6.42 Å². The van der Waals surface area contributed by atoms with Gasteiger partial charge in [-0.15, -0.1) is 0 Å². The van der Waals surface area contributed by atoms with Crippen molar-refractivity contribution in [2.75, 3.05) is 7.11 Å². The Labute approximate surface area is 152 Å². The van der Waals surface area contributed by atoms with Crippen molar-refractivity contribution in [3.8, 4) is 11.5 Å². The van der Waals surface area contributed by atoms with Gasteiger partial charge in [0, 0.05) is 0 Å². The van der Waals surface area contributed by atoms with Gasteiger partial charge in [0.05, 0.1) is 7.11 Å². The third-order valence-electron chi connectivity index (χ3n) is 4.24. The SMILES string of the molecule is CCC(NC(=O)C(C)Oc1ccc(OC)cc1)(C(=O)O)c1ccccc1. The molecule has 1 amide bonds. The van der Waals surface area contributed by atoms with Crippen LogP contribution in [0.3, 0.4) is 0 Å². The average Bonchev–Trinajstić information content (AvgIpc) is 2.67. The zero-order valence-corrected chi connectivity index (χ0v) is 15.1. The van der Waals surface area contributed by atoms with Gasteiger partial charge in [-0.3, -0.25) is 4.79 Å². The number of carbonyl (C=O) groups excluding carboxylic acids is 1. The molecule has 2 aromatic carbocycles. The highest BCUT2D eigenvalue weighted by atomic mass is 16.5. The van der Waals surface area contributed by atoms with Crippen LogP contribution in [0.1, 0.15) is 25.8 Å². The van der Waals surface area contributed by atoms with E-state index in [2.05, 4.69) is 5.32 Å². The molecule has 2 unspecified atom stereocenters. The predicted octanol–water partition coefficient (Wildman–Crippen LogP) is 2.97. The minimum atomic E-state index is -1.50. The molecule has 26 heavy (non-hydrogen) atoms. The van der Waals surface area contributed by atoms with E-state index in [4.69, 9.17) is 9.47 Å². The van der Waals surface area contributed by atoms with Crippen LogP contribution in [0.5, 0.6) is 11.5 Å². The smallest absolute Gasteiger partial charge is 0.334 e. The van der Waals surface area contributed by atoms with E-state index in [0.29, 0.717) is 17.1 Å². The van der Waals surface area contributed by atoms with E-state index >= 15 is 0 Å². The highest BCUT2D eigenvalue weighted by Crippen LogP contribution is 2.26. The number of methoxy groups -OCH3 is 1. The molecule has 2 atom stereocenters. The lowest BCUT2D eigenvalue weighted by Crippen LogP contribution is -2.54. The van der Waals surface area contributed by atoms with Crippen molar-refractivity contribution < 1.29 is 24.2 Å². The van der Waals surface area contributed by atoms with Crippen molar-refractivity contribution in [1.82, 2.24) is 5.32 Å². The van der Waals surface area contributed by atoms with Crippen LogP contribution < -0.4 is 14.8 Å². The molecule has 0 saturated heterocycles. The Kier molecular flexibility index (Phi) is 6.22. The summed E-state index contributed by atoms with van der Waals surface area (Å²) in [6.45, 7) is 3.29. The standard InChI is InChI=1S/C20H23NO5/c1-4-20(19(23)24,15-8-6-5-7-9-15)21-18(22)14(2)26-17-12-10-16(25-3)11-13-17/h5-14H,4H2,1-3H3,(H,21,22)(H,23,24). The van der Waals surface area contributed by atoms with E-state index in [9.17, 15) is 14.7 Å². The molecule has 2 rings (SSSR count). The first-order valence-corrected chi connectivity index (χ1v) is 8.34. The first-order chi connectivity index (χ1) is 12.4. The molecule has 2 aromatic rings. The van der Waals surface area contributed by atoms with Crippen LogP contribution in [0.25, 0.3) is 0 Å². The van der Waals surface area contributed by atoms with E-state index < -0.39 is 23.5 Å². The molecular formula is C20H23NO5. The van der Waals surface area contributed by atoms with Crippen LogP contribution >= 0.6 is 0 Å². The second-order valence-corrected chi connectivity index (χ2v) is 5.85. The van der Waals surface area contributed by atoms with Crippen LogP contribution in [0.15, 0.2) is 54.6 Å². The van der Waals surface area contributed by atoms with Gasteiger partial charge in [-0.25, -0.2) is 4.79 Å². The Balaban J connectivity index is 2.16. The molecule has 6 nitrogen and oxygen atoms in total. The summed E-state index contributed by atoms with van der Waals surface area (Å²) in [7, 11) is 1.56. The first-order valence-electron chi connectivity index (χ1n) is 8.34. The number of carboxylic acids is 1. The highest BCUT2D eigenvalue weighted by Gasteiger charge is 2.41. The summed E-state index contributed by atoms with van der Waals surface area (Å²) < 4.78 is 10.7. The summed E-state index contributed by atoms with van der Waals surface area (Å²) in [6, 6.07) is 15.5. The molecule has 0 aliphatic heterocycles. The third-order valence-corrected chi connectivity index (χ3v) is 4.24. The fourth-order valence-corrected chi connectivity index (χ4v) is 2.64. The topological polar surface area (TPSA) is 84.9 Å². The number of carboxylic acid groups (broad SMARTS) is 1. The van der Waals surface area contributed by atoms with Crippen molar-refractivity contribution in [3.63, 3.8) is 0 Å². The van der Waals surface area contributed by atoms with Gasteiger partial charge in [0.15, 0.2) is 11.6 Å². The highest BCUT2D eigenvalue weighted by molar-refractivity contribution is 5.90. The van der Waals surface area contributed by atoms with Gasteiger partial charge < -0.3 is 19.9 Å². The molecule has 0 fully saturated rings. The Hall–Kier alpha value is -3.02. The number of hydrogen-bond acceptors (Lipinski definition) is 4. The van der Waals surface area contributed by atoms with Gasteiger partial charge in [-0.2, -0.15) is 0 Å². The zero-order valence-electron chi connectivity index (χ0n) is 15.1. The van der Waals surface area contributed by atoms with Crippen LogP contribution in [0.2, 0.25) is 0 Å². The summed E-state index contributed by atoms with van der Waals surface area (Å²) >= 11 is 0. The van der Waals surface area contributed by atoms with Gasteiger partial charge in [-0.05, 0) is 43.2 Å². The van der Waals surface area contributed by atoms with Crippen LogP contribution in [-0.4, -0.2) is 30.2 Å². The van der Waals surface area contributed by atoms with Crippen LogP contribution in [0.4, 0.5) is 0 Å². The lowest BCUT2D eigenvalue weighted by molar-refractivity contribution is -0.149. The maximum absolute atomic E-state index is 12.6. The van der Waals surface area contributed by atoms with Gasteiger partial charge in [-0.1, -0.05) is 37.3 Å². The molecule has 0 saturated carbocycles. The molecule has 0 aliphatic carbocycles. The van der Waals surface area contributed by atoms with Crippen LogP contribution in [-0.2, 0) is 15.1 Å². The number of rotatable bonds is 8. The summed E-state index contributed by atoms with van der Waals surface area (Å²) in [5, 5.41) is 12.4. The Bertz CT molecular complexity index is 745. The van der Waals surface area contributed by atoms with E-state index in [0.717, 1.165) is 0 Å². The monoisotopic (exact) mass is 357 g/mol. The van der Waals surface area contributed by atoms with Gasteiger partial charge in [0.25, 0.3) is 5.91 Å². The molecule has 2 N–H and O–H groups in total. The summed E-state index contributed by atoms with van der Waals surface area (Å²) in [5.74, 6) is -0.454. The molecule has 0 bridgehead atoms. The Morgan fingerprint density at radius 2 is 1.65 bits per heavy atom. The number of benzene rings is 2. The fourth-order valence-electron chi connectivity index (χ4n) is 2.64. The molecule has 138 valence electrons. The maximum Gasteiger partial charge on any atom is 0.334 e. The number of aliphatic carboxylic acids is 1. The molecule has 0 aliphatic rings. The minimum Gasteiger partial charge on any atom is -0.497 e.